The number of benzene rings is 1. The van der Waals surface area contributed by atoms with Gasteiger partial charge in [0.15, 0.2) is 0 Å². The third-order valence-electron chi connectivity index (χ3n) is 4.45. The summed E-state index contributed by atoms with van der Waals surface area (Å²) in [5.74, 6) is 0.992. The molecule has 1 heterocycles. The Kier molecular flexibility index (Phi) is 4.71. The number of nitrogens with one attached hydrogen (secondary N) is 1. The number of nitrogens with zero attached hydrogens (tertiary/aromatic N) is 1. The van der Waals surface area contributed by atoms with Crippen LogP contribution in [0.1, 0.15) is 30.5 Å². The van der Waals surface area contributed by atoms with Gasteiger partial charge in [-0.05, 0) is 56.9 Å². The Balaban J connectivity index is 2.17. The number of hydrogen-bond donors (Lipinski definition) is 1. The molecule has 20 heavy (non-hydrogen) atoms. The Morgan fingerprint density at radius 2 is 1.80 bits per heavy atom. The molecule has 0 radical (unpaired) electrons. The van der Waals surface area contributed by atoms with Crippen molar-refractivity contribution in [1.82, 2.24) is 10.2 Å². The lowest BCUT2D eigenvalue weighted by atomic mass is 9.89. The van der Waals surface area contributed by atoms with E-state index in [9.17, 15) is 0 Å². The molecule has 1 aromatic rings. The number of ether oxygens (including phenoxy) is 1. The van der Waals surface area contributed by atoms with Crippen molar-refractivity contribution < 1.29 is 4.74 Å². The molecule has 3 nitrogen and oxygen atoms in total. The van der Waals surface area contributed by atoms with E-state index in [2.05, 4.69) is 50.0 Å². The molecule has 0 saturated carbocycles. The van der Waals surface area contributed by atoms with Crippen LogP contribution < -0.4 is 10.1 Å². The largest absolute Gasteiger partial charge is 0.496 e. The van der Waals surface area contributed by atoms with Gasteiger partial charge in [0.2, 0.25) is 0 Å². The predicted octanol–water partition coefficient (Wildman–Crippen LogP) is 2.54. The van der Waals surface area contributed by atoms with Gasteiger partial charge in [0.25, 0.3) is 0 Å². The molecular formula is C17H28N2O. The van der Waals surface area contributed by atoms with E-state index >= 15 is 0 Å². The van der Waals surface area contributed by atoms with Crippen LogP contribution >= 0.6 is 0 Å². The second kappa shape index (κ2) is 6.15. The zero-order valence-electron chi connectivity index (χ0n) is 13.5. The van der Waals surface area contributed by atoms with Crippen LogP contribution in [0.15, 0.2) is 12.1 Å². The molecule has 3 heteroatoms. The summed E-state index contributed by atoms with van der Waals surface area (Å²) in [7, 11) is 1.74. The van der Waals surface area contributed by atoms with Gasteiger partial charge in [0, 0.05) is 31.7 Å². The van der Waals surface area contributed by atoms with Gasteiger partial charge < -0.3 is 10.1 Å². The van der Waals surface area contributed by atoms with E-state index < -0.39 is 0 Å². The summed E-state index contributed by atoms with van der Waals surface area (Å²) in [5, 5.41) is 3.43. The minimum Gasteiger partial charge on any atom is -0.496 e. The predicted molar refractivity (Wildman–Crippen MR) is 84.7 cm³/mol. The Morgan fingerprint density at radius 3 is 2.40 bits per heavy atom. The van der Waals surface area contributed by atoms with Crippen LogP contribution in [0.3, 0.4) is 0 Å². The number of piperazine rings is 1. The Bertz CT molecular complexity index is 462. The van der Waals surface area contributed by atoms with Crippen LogP contribution in [0, 0.1) is 13.8 Å². The minimum atomic E-state index is 0.202. The Hall–Kier alpha value is -1.06. The van der Waals surface area contributed by atoms with Crippen LogP contribution in [0.2, 0.25) is 0 Å². The third-order valence-corrected chi connectivity index (χ3v) is 4.45. The highest BCUT2D eigenvalue weighted by Gasteiger charge is 2.28. The molecule has 112 valence electrons. The van der Waals surface area contributed by atoms with E-state index in [1.54, 1.807) is 7.11 Å². The quantitative estimate of drug-likeness (QED) is 0.914. The number of methoxy groups -OCH3 is 1. The molecule has 0 aliphatic carbocycles. The SMILES string of the molecule is COc1cc(C)c(CC(C)(C)N2CCNCC2)cc1C. The van der Waals surface area contributed by atoms with Gasteiger partial charge in [-0.1, -0.05) is 6.07 Å². The van der Waals surface area contributed by atoms with Crippen molar-refractivity contribution in [1.29, 1.82) is 0 Å². The van der Waals surface area contributed by atoms with Crippen molar-refractivity contribution in [3.05, 3.63) is 28.8 Å². The zero-order chi connectivity index (χ0) is 14.8. The summed E-state index contributed by atoms with van der Waals surface area (Å²) in [6.45, 7) is 13.5. The lowest BCUT2D eigenvalue weighted by molar-refractivity contribution is 0.103. The van der Waals surface area contributed by atoms with Gasteiger partial charge in [-0.15, -0.1) is 0 Å². The molecule has 1 fully saturated rings. The van der Waals surface area contributed by atoms with Crippen LogP contribution in [0.5, 0.6) is 5.75 Å². The van der Waals surface area contributed by atoms with E-state index in [4.69, 9.17) is 4.74 Å². The maximum atomic E-state index is 5.41. The van der Waals surface area contributed by atoms with Gasteiger partial charge in [0.1, 0.15) is 5.75 Å². The van der Waals surface area contributed by atoms with E-state index in [1.165, 1.54) is 16.7 Å². The fourth-order valence-electron chi connectivity index (χ4n) is 3.11. The van der Waals surface area contributed by atoms with Crippen molar-refractivity contribution in [3.8, 4) is 5.75 Å². The fraction of sp³-hybridized carbons (Fsp3) is 0.647. The first kappa shape index (κ1) is 15.3. The first-order chi connectivity index (χ1) is 9.44. The molecule has 0 spiro atoms. The Morgan fingerprint density at radius 1 is 1.15 bits per heavy atom. The van der Waals surface area contributed by atoms with Crippen molar-refractivity contribution in [2.24, 2.45) is 0 Å². The summed E-state index contributed by atoms with van der Waals surface area (Å²) >= 11 is 0. The molecule has 0 unspecified atom stereocenters. The summed E-state index contributed by atoms with van der Waals surface area (Å²) in [5.41, 5.74) is 4.19. The average molecular weight is 276 g/mol. The van der Waals surface area contributed by atoms with Crippen molar-refractivity contribution in [3.63, 3.8) is 0 Å². The van der Waals surface area contributed by atoms with E-state index in [1.807, 2.05) is 0 Å². The molecule has 0 amide bonds. The van der Waals surface area contributed by atoms with E-state index in [0.29, 0.717) is 0 Å². The maximum Gasteiger partial charge on any atom is 0.122 e. The maximum absolute atomic E-state index is 5.41. The first-order valence-electron chi connectivity index (χ1n) is 7.54. The van der Waals surface area contributed by atoms with Crippen molar-refractivity contribution in [2.75, 3.05) is 33.3 Å². The molecule has 1 saturated heterocycles. The smallest absolute Gasteiger partial charge is 0.122 e. The normalized spacial score (nSPS) is 17.2. The van der Waals surface area contributed by atoms with Gasteiger partial charge in [-0.3, -0.25) is 4.90 Å². The highest BCUT2D eigenvalue weighted by atomic mass is 16.5. The van der Waals surface area contributed by atoms with E-state index in [0.717, 1.165) is 38.3 Å². The molecule has 1 aliphatic heterocycles. The second-order valence-electron chi connectivity index (χ2n) is 6.47. The fourth-order valence-corrected chi connectivity index (χ4v) is 3.11. The van der Waals surface area contributed by atoms with Crippen molar-refractivity contribution in [2.45, 2.75) is 39.7 Å². The van der Waals surface area contributed by atoms with Crippen LogP contribution in [0.25, 0.3) is 0 Å². The van der Waals surface area contributed by atoms with Gasteiger partial charge in [0.05, 0.1) is 7.11 Å². The van der Waals surface area contributed by atoms with Gasteiger partial charge in [-0.2, -0.15) is 0 Å². The number of aryl methyl sites for hydroxylation is 2. The second-order valence-corrected chi connectivity index (χ2v) is 6.47. The molecule has 1 N–H and O–H groups in total. The minimum absolute atomic E-state index is 0.202. The molecule has 2 rings (SSSR count). The lowest BCUT2D eigenvalue weighted by Crippen LogP contribution is -2.54. The molecule has 0 bridgehead atoms. The summed E-state index contributed by atoms with van der Waals surface area (Å²) < 4.78 is 5.41. The monoisotopic (exact) mass is 276 g/mol. The third kappa shape index (κ3) is 3.33. The van der Waals surface area contributed by atoms with Crippen LogP contribution in [-0.2, 0) is 6.42 Å². The van der Waals surface area contributed by atoms with Crippen LogP contribution in [-0.4, -0.2) is 43.7 Å². The highest BCUT2D eigenvalue weighted by Crippen LogP contribution is 2.27. The standard InChI is InChI=1S/C17H28N2O/c1-13-11-16(20-5)14(2)10-15(13)12-17(3,4)19-8-6-18-7-9-19/h10-11,18H,6-9,12H2,1-5H3. The lowest BCUT2D eigenvalue weighted by Gasteiger charge is -2.41. The van der Waals surface area contributed by atoms with Gasteiger partial charge in [-0.25, -0.2) is 0 Å². The van der Waals surface area contributed by atoms with Crippen molar-refractivity contribution >= 4 is 0 Å². The van der Waals surface area contributed by atoms with Crippen LogP contribution in [0.4, 0.5) is 0 Å². The summed E-state index contributed by atoms with van der Waals surface area (Å²) in [4.78, 5) is 2.60. The topological polar surface area (TPSA) is 24.5 Å². The summed E-state index contributed by atoms with van der Waals surface area (Å²) in [6, 6.07) is 4.45. The molecule has 0 aromatic heterocycles. The molecule has 1 aromatic carbocycles. The zero-order valence-corrected chi connectivity index (χ0v) is 13.5. The molecular weight excluding hydrogens is 248 g/mol. The Labute approximate surface area is 123 Å². The van der Waals surface area contributed by atoms with Gasteiger partial charge >= 0.3 is 0 Å². The number of rotatable bonds is 4. The summed E-state index contributed by atoms with van der Waals surface area (Å²) in [6.07, 6.45) is 1.09. The molecule has 1 aliphatic rings. The average Bonchev–Trinajstić information content (AvgIpc) is 2.43. The molecule has 0 atom stereocenters. The number of hydrogen-bond acceptors (Lipinski definition) is 3. The first-order valence-corrected chi connectivity index (χ1v) is 7.54. The van der Waals surface area contributed by atoms with E-state index in [-0.39, 0.29) is 5.54 Å². The highest BCUT2D eigenvalue weighted by molar-refractivity contribution is 5.42.